The van der Waals surface area contributed by atoms with E-state index < -0.39 is 0 Å². The molecular weight excluding hydrogens is 190 g/mol. The molecule has 3 atom stereocenters. The van der Waals surface area contributed by atoms with Crippen molar-refractivity contribution < 1.29 is 4.74 Å². The van der Waals surface area contributed by atoms with Crippen LogP contribution in [0.5, 0.6) is 0 Å². The Kier molecular flexibility index (Phi) is 2.95. The molecule has 0 radical (unpaired) electrons. The van der Waals surface area contributed by atoms with Crippen LogP contribution in [-0.2, 0) is 11.8 Å². The number of anilines is 1. The number of aromatic nitrogens is 2. The van der Waals surface area contributed by atoms with Crippen molar-refractivity contribution in [3.8, 4) is 0 Å². The molecule has 4 heteroatoms. The molecule has 84 valence electrons. The Balaban J connectivity index is 1.94. The Morgan fingerprint density at radius 2 is 2.07 bits per heavy atom. The SMILES string of the molecule is C[C@@H]1CC(Nc2cnn(C)c2)C[C@H](C)O1. The number of rotatable bonds is 2. The highest BCUT2D eigenvalue weighted by Crippen LogP contribution is 2.22. The van der Waals surface area contributed by atoms with Crippen LogP contribution in [0, 0.1) is 0 Å². The summed E-state index contributed by atoms with van der Waals surface area (Å²) in [5.41, 5.74) is 1.10. The lowest BCUT2D eigenvalue weighted by molar-refractivity contribution is -0.0337. The van der Waals surface area contributed by atoms with Crippen LogP contribution in [0.4, 0.5) is 5.69 Å². The first kappa shape index (κ1) is 10.5. The molecule has 4 nitrogen and oxygen atoms in total. The van der Waals surface area contributed by atoms with Crippen molar-refractivity contribution in [1.82, 2.24) is 9.78 Å². The summed E-state index contributed by atoms with van der Waals surface area (Å²) >= 11 is 0. The van der Waals surface area contributed by atoms with Gasteiger partial charge in [0.15, 0.2) is 0 Å². The quantitative estimate of drug-likeness (QED) is 0.807. The summed E-state index contributed by atoms with van der Waals surface area (Å²) < 4.78 is 7.51. The molecule has 2 heterocycles. The lowest BCUT2D eigenvalue weighted by Crippen LogP contribution is -2.36. The summed E-state index contributed by atoms with van der Waals surface area (Å²) in [7, 11) is 1.93. The first-order valence-corrected chi connectivity index (χ1v) is 5.54. The highest BCUT2D eigenvalue weighted by Gasteiger charge is 2.24. The Morgan fingerprint density at radius 3 is 2.60 bits per heavy atom. The molecule has 1 aromatic rings. The monoisotopic (exact) mass is 209 g/mol. The molecule has 1 unspecified atom stereocenters. The van der Waals surface area contributed by atoms with Crippen molar-refractivity contribution in [3.05, 3.63) is 12.4 Å². The van der Waals surface area contributed by atoms with Gasteiger partial charge in [-0.1, -0.05) is 0 Å². The first-order chi connectivity index (χ1) is 7.13. The van der Waals surface area contributed by atoms with Gasteiger partial charge in [0.05, 0.1) is 24.1 Å². The fourth-order valence-electron chi connectivity index (χ4n) is 2.25. The Morgan fingerprint density at radius 1 is 1.40 bits per heavy atom. The molecule has 1 N–H and O–H groups in total. The van der Waals surface area contributed by atoms with Crippen LogP contribution < -0.4 is 5.32 Å². The maximum atomic E-state index is 5.70. The van der Waals surface area contributed by atoms with Gasteiger partial charge in [-0.15, -0.1) is 0 Å². The van der Waals surface area contributed by atoms with Crippen molar-refractivity contribution >= 4 is 5.69 Å². The summed E-state index contributed by atoms with van der Waals surface area (Å²) in [5.74, 6) is 0. The smallest absolute Gasteiger partial charge is 0.0728 e. The Labute approximate surface area is 90.6 Å². The lowest BCUT2D eigenvalue weighted by Gasteiger charge is -2.32. The van der Waals surface area contributed by atoms with Gasteiger partial charge in [-0.05, 0) is 26.7 Å². The second-order valence-corrected chi connectivity index (χ2v) is 4.47. The molecule has 0 aromatic carbocycles. The molecule has 1 fully saturated rings. The summed E-state index contributed by atoms with van der Waals surface area (Å²) in [6.45, 7) is 4.27. The maximum Gasteiger partial charge on any atom is 0.0728 e. The van der Waals surface area contributed by atoms with Gasteiger partial charge >= 0.3 is 0 Å². The van der Waals surface area contributed by atoms with Gasteiger partial charge in [-0.2, -0.15) is 5.10 Å². The van der Waals surface area contributed by atoms with E-state index in [1.165, 1.54) is 0 Å². The first-order valence-electron chi connectivity index (χ1n) is 5.54. The van der Waals surface area contributed by atoms with Gasteiger partial charge in [0.25, 0.3) is 0 Å². The largest absolute Gasteiger partial charge is 0.380 e. The summed E-state index contributed by atoms with van der Waals surface area (Å²) in [5, 5.41) is 7.64. The lowest BCUT2D eigenvalue weighted by atomic mass is 10.00. The van der Waals surface area contributed by atoms with Crippen LogP contribution >= 0.6 is 0 Å². The van der Waals surface area contributed by atoms with Crippen LogP contribution in [0.3, 0.4) is 0 Å². The minimum Gasteiger partial charge on any atom is -0.380 e. The van der Waals surface area contributed by atoms with Crippen molar-refractivity contribution in [3.63, 3.8) is 0 Å². The molecule has 1 aromatic heterocycles. The van der Waals surface area contributed by atoms with Crippen LogP contribution in [-0.4, -0.2) is 28.0 Å². The van der Waals surface area contributed by atoms with E-state index in [1.54, 1.807) is 0 Å². The molecule has 0 amide bonds. The van der Waals surface area contributed by atoms with Crippen LogP contribution in [0.2, 0.25) is 0 Å². The van der Waals surface area contributed by atoms with Crippen molar-refractivity contribution in [2.75, 3.05) is 5.32 Å². The summed E-state index contributed by atoms with van der Waals surface area (Å²) in [4.78, 5) is 0. The topological polar surface area (TPSA) is 39.1 Å². The average molecular weight is 209 g/mol. The normalized spacial score (nSPS) is 31.5. The molecule has 1 aliphatic heterocycles. The van der Waals surface area contributed by atoms with Gasteiger partial charge in [0, 0.05) is 19.3 Å². The van der Waals surface area contributed by atoms with Crippen LogP contribution in [0.15, 0.2) is 12.4 Å². The molecule has 0 saturated carbocycles. The van der Waals surface area contributed by atoms with E-state index >= 15 is 0 Å². The van der Waals surface area contributed by atoms with Gasteiger partial charge < -0.3 is 10.1 Å². The minimum atomic E-state index is 0.350. The van der Waals surface area contributed by atoms with E-state index in [-0.39, 0.29) is 0 Å². The van der Waals surface area contributed by atoms with Crippen LogP contribution in [0.1, 0.15) is 26.7 Å². The van der Waals surface area contributed by atoms with Crippen molar-refractivity contribution in [1.29, 1.82) is 0 Å². The van der Waals surface area contributed by atoms with Crippen LogP contribution in [0.25, 0.3) is 0 Å². The summed E-state index contributed by atoms with van der Waals surface area (Å²) in [6.07, 6.45) is 6.71. The number of nitrogens with one attached hydrogen (secondary N) is 1. The Bertz CT molecular complexity index is 313. The van der Waals surface area contributed by atoms with E-state index in [9.17, 15) is 0 Å². The van der Waals surface area contributed by atoms with E-state index in [1.807, 2.05) is 24.1 Å². The van der Waals surface area contributed by atoms with Gasteiger partial charge in [-0.3, -0.25) is 4.68 Å². The third kappa shape index (κ3) is 2.72. The van der Waals surface area contributed by atoms with E-state index in [4.69, 9.17) is 4.74 Å². The third-order valence-electron chi connectivity index (χ3n) is 2.77. The second kappa shape index (κ2) is 4.23. The zero-order valence-electron chi connectivity index (χ0n) is 9.60. The predicted molar refractivity (Wildman–Crippen MR) is 59.9 cm³/mol. The molecule has 0 bridgehead atoms. The zero-order valence-corrected chi connectivity index (χ0v) is 9.60. The highest BCUT2D eigenvalue weighted by molar-refractivity contribution is 5.39. The second-order valence-electron chi connectivity index (χ2n) is 4.47. The molecule has 15 heavy (non-hydrogen) atoms. The molecule has 0 aliphatic carbocycles. The standard InChI is InChI=1S/C11H19N3O/c1-8-4-10(5-9(2)15-8)13-11-6-12-14(3)7-11/h6-10,13H,4-5H2,1-3H3/t8-,9+,10?. The summed E-state index contributed by atoms with van der Waals surface area (Å²) in [6, 6.07) is 0.507. The zero-order chi connectivity index (χ0) is 10.8. The molecule has 1 saturated heterocycles. The number of aryl methyl sites for hydroxylation is 1. The number of hydrogen-bond donors (Lipinski definition) is 1. The molecule has 1 aliphatic rings. The Hall–Kier alpha value is -1.03. The van der Waals surface area contributed by atoms with Crippen molar-refractivity contribution in [2.45, 2.75) is 44.9 Å². The predicted octanol–water partition coefficient (Wildman–Crippen LogP) is 1.79. The van der Waals surface area contributed by atoms with E-state index in [0.717, 1.165) is 18.5 Å². The van der Waals surface area contributed by atoms with Crippen molar-refractivity contribution in [2.24, 2.45) is 7.05 Å². The molecule has 2 rings (SSSR count). The highest BCUT2D eigenvalue weighted by atomic mass is 16.5. The third-order valence-corrected chi connectivity index (χ3v) is 2.77. The number of hydrogen-bond acceptors (Lipinski definition) is 3. The fourth-order valence-corrected chi connectivity index (χ4v) is 2.25. The maximum absolute atomic E-state index is 5.70. The molecule has 0 spiro atoms. The van der Waals surface area contributed by atoms with Gasteiger partial charge in [0.2, 0.25) is 0 Å². The average Bonchev–Trinajstić information content (AvgIpc) is 2.49. The fraction of sp³-hybridized carbons (Fsp3) is 0.727. The van der Waals surface area contributed by atoms with E-state index in [2.05, 4.69) is 24.3 Å². The van der Waals surface area contributed by atoms with E-state index in [0.29, 0.717) is 18.2 Å². The number of nitrogens with zero attached hydrogens (tertiary/aromatic N) is 2. The number of ether oxygens (including phenoxy) is 1. The van der Waals surface area contributed by atoms with Gasteiger partial charge in [0.1, 0.15) is 0 Å². The van der Waals surface area contributed by atoms with Gasteiger partial charge in [-0.25, -0.2) is 0 Å². The minimum absolute atomic E-state index is 0.350. The molecular formula is C11H19N3O.